The first-order valence-electron chi connectivity index (χ1n) is 16.0. The van der Waals surface area contributed by atoms with Crippen LogP contribution in [0.4, 0.5) is 0 Å². The zero-order valence-electron chi connectivity index (χ0n) is 26.2. The van der Waals surface area contributed by atoms with Crippen molar-refractivity contribution in [2.75, 3.05) is 0 Å². The van der Waals surface area contributed by atoms with Gasteiger partial charge in [0.1, 0.15) is 0 Å². The maximum atomic E-state index is 5.22. The van der Waals surface area contributed by atoms with Crippen LogP contribution in [0.3, 0.4) is 0 Å². The van der Waals surface area contributed by atoms with E-state index in [0.29, 0.717) is 7.25 Å². The summed E-state index contributed by atoms with van der Waals surface area (Å²) >= 11 is -2.41. The molecule has 2 unspecified atom stereocenters. The standard InChI is InChI=1S/2C21H17.CH2.2ClH.Zr/c2*1-2-15-13-17-9-6-12-20(21(17)14-15)19-11-5-8-16-7-3-4-10-18(16)19;;;;/h2*3-14H,2H2,1H3;1H2;2*1H;/q;;;;;+2/p-2. The van der Waals surface area contributed by atoms with E-state index in [1.807, 2.05) is 0 Å². The molecule has 0 bridgehead atoms. The molecule has 0 saturated carbocycles. The molecule has 226 valence electrons. The van der Waals surface area contributed by atoms with Gasteiger partial charge in [-0.1, -0.05) is 0 Å². The number of fused-ring (bicyclic) bond motifs is 4. The van der Waals surface area contributed by atoms with Gasteiger partial charge in [0.25, 0.3) is 0 Å². The van der Waals surface area contributed by atoms with Crippen LogP contribution < -0.4 is 24.8 Å². The topological polar surface area (TPSA) is 0 Å². The van der Waals surface area contributed by atoms with Crippen LogP contribution in [-0.2, 0) is 21.3 Å². The third kappa shape index (κ3) is 5.22. The molecule has 8 rings (SSSR count). The van der Waals surface area contributed by atoms with E-state index in [9.17, 15) is 0 Å². The zero-order chi connectivity index (χ0) is 29.8. The minimum Gasteiger partial charge on any atom is -1.00 e. The molecule has 2 aliphatic rings. The van der Waals surface area contributed by atoms with Crippen LogP contribution in [0.15, 0.2) is 132 Å². The second-order valence-electron chi connectivity index (χ2n) is 12.3. The molecule has 0 heterocycles. The van der Waals surface area contributed by atoms with Crippen molar-refractivity contribution in [1.29, 1.82) is 0 Å². The fourth-order valence-corrected chi connectivity index (χ4v) is 15.7. The van der Waals surface area contributed by atoms with Gasteiger partial charge in [0.2, 0.25) is 0 Å². The number of hydrogen-bond donors (Lipinski definition) is 0. The van der Waals surface area contributed by atoms with E-state index in [0.717, 1.165) is 12.8 Å². The molecule has 0 saturated heterocycles. The molecule has 0 aromatic heterocycles. The molecular weight excluding hydrogens is 679 g/mol. The molecule has 3 heteroatoms. The van der Waals surface area contributed by atoms with Crippen molar-refractivity contribution in [2.45, 2.75) is 33.9 Å². The Labute approximate surface area is 292 Å². The van der Waals surface area contributed by atoms with Crippen LogP contribution in [0, 0.1) is 0 Å². The van der Waals surface area contributed by atoms with E-state index in [2.05, 4.69) is 147 Å². The predicted molar refractivity (Wildman–Crippen MR) is 188 cm³/mol. The van der Waals surface area contributed by atoms with Gasteiger partial charge in [0.05, 0.1) is 0 Å². The summed E-state index contributed by atoms with van der Waals surface area (Å²) in [7, 11) is 0. The molecule has 0 amide bonds. The predicted octanol–water partition coefficient (Wildman–Crippen LogP) is 5.78. The summed E-state index contributed by atoms with van der Waals surface area (Å²) in [4.78, 5) is 0. The summed E-state index contributed by atoms with van der Waals surface area (Å²) in [5.41, 5.74) is 14.5. The third-order valence-electron chi connectivity index (χ3n) is 10.0. The van der Waals surface area contributed by atoms with Crippen molar-refractivity contribution < 1.29 is 46.1 Å². The summed E-state index contributed by atoms with van der Waals surface area (Å²) in [6.45, 7) is 4.69. The van der Waals surface area contributed by atoms with Gasteiger partial charge in [-0.15, -0.1) is 0 Å². The normalized spacial score (nSPS) is 16.0. The second-order valence-corrected chi connectivity index (χ2v) is 17.9. The monoisotopic (exact) mass is 712 g/mol. The Balaban J connectivity index is 0.00000186. The Bertz CT molecular complexity index is 2020. The SMILES string of the molecule is [CH2]=[Zr+2]([CH]1C(CC)=Cc2c(-c3cccc4ccccc34)cccc21)[CH]1C(CC)=Cc2c(-c3cccc4ccccc34)cccc21.[Cl-].[Cl-]. The van der Waals surface area contributed by atoms with Gasteiger partial charge in [0.15, 0.2) is 0 Å². The Morgan fingerprint density at radius 3 is 1.28 bits per heavy atom. The van der Waals surface area contributed by atoms with Gasteiger partial charge in [0, 0.05) is 0 Å². The Hall–Kier alpha value is -3.35. The number of rotatable bonds is 6. The first-order chi connectivity index (χ1) is 21.7. The number of halogens is 2. The van der Waals surface area contributed by atoms with Crippen LogP contribution in [0.2, 0.25) is 0 Å². The number of hydrogen-bond acceptors (Lipinski definition) is 0. The van der Waals surface area contributed by atoms with Gasteiger partial charge in [-0.2, -0.15) is 0 Å². The van der Waals surface area contributed by atoms with E-state index in [-0.39, 0.29) is 24.8 Å². The van der Waals surface area contributed by atoms with E-state index in [4.69, 9.17) is 4.21 Å². The molecule has 2 atom stereocenters. The van der Waals surface area contributed by atoms with Gasteiger partial charge >= 0.3 is 270 Å². The molecule has 0 radical (unpaired) electrons. The summed E-state index contributed by atoms with van der Waals surface area (Å²) in [5.74, 6) is 0. The van der Waals surface area contributed by atoms with E-state index in [1.165, 1.54) is 66.1 Å². The molecule has 0 spiro atoms. The Morgan fingerprint density at radius 1 is 0.478 bits per heavy atom. The summed E-state index contributed by atoms with van der Waals surface area (Å²) in [6, 6.07) is 45.1. The van der Waals surface area contributed by atoms with Crippen LogP contribution in [0.25, 0.3) is 56.0 Å². The van der Waals surface area contributed by atoms with Gasteiger partial charge in [-0.3, -0.25) is 0 Å². The van der Waals surface area contributed by atoms with Crippen molar-refractivity contribution in [3.63, 3.8) is 0 Å². The maximum absolute atomic E-state index is 5.22. The second kappa shape index (κ2) is 13.4. The zero-order valence-corrected chi connectivity index (χ0v) is 30.2. The fraction of sp³-hybridized carbons (Fsp3) is 0.140. The number of allylic oxidation sites excluding steroid dienone is 2. The Morgan fingerprint density at radius 2 is 0.848 bits per heavy atom. The van der Waals surface area contributed by atoms with E-state index < -0.39 is 21.3 Å². The summed E-state index contributed by atoms with van der Waals surface area (Å²) in [5, 5.41) is 5.25. The molecule has 0 nitrogen and oxygen atoms in total. The van der Waals surface area contributed by atoms with Crippen molar-refractivity contribution in [1.82, 2.24) is 0 Å². The Kier molecular flexibility index (Phi) is 9.50. The van der Waals surface area contributed by atoms with Gasteiger partial charge in [-0.05, 0) is 0 Å². The largest absolute Gasteiger partial charge is 1.00 e. The maximum Gasteiger partial charge on any atom is -1.00 e. The fourth-order valence-electron chi connectivity index (χ4n) is 7.97. The van der Waals surface area contributed by atoms with E-state index >= 15 is 0 Å². The molecule has 2 aliphatic carbocycles. The van der Waals surface area contributed by atoms with E-state index in [1.54, 1.807) is 11.1 Å². The van der Waals surface area contributed by atoms with Crippen molar-refractivity contribution in [3.05, 3.63) is 155 Å². The van der Waals surface area contributed by atoms with Gasteiger partial charge in [-0.25, -0.2) is 0 Å². The minimum atomic E-state index is -2.41. The molecule has 46 heavy (non-hydrogen) atoms. The van der Waals surface area contributed by atoms with Crippen molar-refractivity contribution >= 4 is 37.9 Å². The van der Waals surface area contributed by atoms with Crippen LogP contribution in [0.1, 0.15) is 56.2 Å². The summed E-state index contributed by atoms with van der Waals surface area (Å²) in [6.07, 6.45) is 7.24. The molecule has 0 fully saturated rings. The van der Waals surface area contributed by atoms with Crippen molar-refractivity contribution in [2.24, 2.45) is 0 Å². The van der Waals surface area contributed by atoms with Crippen LogP contribution in [0.5, 0.6) is 0 Å². The smallest absolute Gasteiger partial charge is 1.00 e. The average molecular weight is 715 g/mol. The molecule has 6 aromatic carbocycles. The average Bonchev–Trinajstić information content (AvgIpc) is 3.66. The molecule has 0 N–H and O–H groups in total. The quantitative estimate of drug-likeness (QED) is 0.205. The molecular formula is C43H36Cl2Zr. The first-order valence-corrected chi connectivity index (χ1v) is 20.6. The third-order valence-corrected chi connectivity index (χ3v) is 17.0. The first kappa shape index (κ1) is 32.6. The van der Waals surface area contributed by atoms with Crippen molar-refractivity contribution in [3.8, 4) is 22.3 Å². The number of benzene rings is 6. The molecule has 0 aliphatic heterocycles. The van der Waals surface area contributed by atoms with Crippen LogP contribution >= 0.6 is 0 Å². The minimum absolute atomic E-state index is 0. The van der Waals surface area contributed by atoms with Crippen LogP contribution in [-0.4, -0.2) is 4.21 Å². The van der Waals surface area contributed by atoms with Gasteiger partial charge < -0.3 is 24.8 Å². The molecule has 6 aromatic rings. The summed E-state index contributed by atoms with van der Waals surface area (Å²) < 4.78 is 6.19.